The van der Waals surface area contributed by atoms with Crippen LogP contribution >= 0.6 is 11.3 Å². The molecule has 1 aromatic heterocycles. The average Bonchev–Trinajstić information content (AvgIpc) is 3.24. The molecule has 1 aliphatic rings. The zero-order valence-corrected chi connectivity index (χ0v) is 24.0. The van der Waals surface area contributed by atoms with Crippen molar-refractivity contribution in [2.75, 3.05) is 27.4 Å². The first-order valence-electron chi connectivity index (χ1n) is 12.8. The number of aromatic hydroxyl groups is 1. The molecule has 1 aliphatic heterocycles. The lowest BCUT2D eigenvalue weighted by atomic mass is 9.95. The predicted molar refractivity (Wildman–Crippen MR) is 153 cm³/mol. The van der Waals surface area contributed by atoms with Gasteiger partial charge in [-0.3, -0.25) is 9.36 Å². The monoisotopic (exact) mass is 564 g/mol. The number of phenols is 1. The summed E-state index contributed by atoms with van der Waals surface area (Å²) in [6.07, 6.45) is 3.84. The number of fused-ring (bicyclic) bond motifs is 1. The Balaban J connectivity index is 1.96. The standard InChI is InChI=1S/C30H32N2O7S/c1-7-10-20-13-18(14-23(27(20)33)38-8-2)15-24-28(34)32-26(19-11-12-21(36-5)22(16-19)37-6)25(29(35)39-9-3)17(4)31-30(32)40-24/h7,11-16,26,33H,1,8-10H2,2-6H3/b24-15+/t26-/m1/s1. The van der Waals surface area contributed by atoms with Gasteiger partial charge < -0.3 is 24.1 Å². The molecule has 0 saturated carbocycles. The van der Waals surface area contributed by atoms with Crippen LogP contribution in [0.1, 0.15) is 43.5 Å². The Kier molecular flexibility index (Phi) is 8.79. The highest BCUT2D eigenvalue weighted by molar-refractivity contribution is 7.07. The van der Waals surface area contributed by atoms with Gasteiger partial charge in [0.2, 0.25) is 0 Å². The third kappa shape index (κ3) is 5.40. The minimum atomic E-state index is -0.799. The van der Waals surface area contributed by atoms with Crippen molar-refractivity contribution in [3.05, 3.63) is 90.6 Å². The number of phenolic OH excluding ortho intramolecular Hbond substituents is 1. The fourth-order valence-corrected chi connectivity index (χ4v) is 5.68. The Morgan fingerprint density at radius 1 is 1.12 bits per heavy atom. The quantitative estimate of drug-likeness (QED) is 0.296. The molecule has 4 rings (SSSR count). The van der Waals surface area contributed by atoms with Crippen LogP contribution in [0.5, 0.6) is 23.0 Å². The summed E-state index contributed by atoms with van der Waals surface area (Å²) in [5.41, 5.74) is 2.34. The Labute approximate surface area is 235 Å². The van der Waals surface area contributed by atoms with E-state index in [1.54, 1.807) is 56.3 Å². The van der Waals surface area contributed by atoms with Crippen LogP contribution in [-0.4, -0.2) is 43.1 Å². The Hall–Kier alpha value is -4.31. The molecule has 0 bridgehead atoms. The molecule has 1 N–H and O–H groups in total. The van der Waals surface area contributed by atoms with Crippen molar-refractivity contribution in [1.82, 2.24) is 4.57 Å². The highest BCUT2D eigenvalue weighted by Gasteiger charge is 2.34. The van der Waals surface area contributed by atoms with Crippen LogP contribution in [0.3, 0.4) is 0 Å². The number of aromatic nitrogens is 1. The number of hydrogen-bond acceptors (Lipinski definition) is 9. The maximum absolute atomic E-state index is 14.0. The summed E-state index contributed by atoms with van der Waals surface area (Å²) < 4.78 is 23.8. The largest absolute Gasteiger partial charge is 0.504 e. The molecule has 210 valence electrons. The highest BCUT2D eigenvalue weighted by Crippen LogP contribution is 2.36. The SMILES string of the molecule is C=CCc1cc(/C=c2/sc3n(c2=O)[C@H](c2ccc(OC)c(OC)c2)C(C(=O)OCC)=C(C)N=3)cc(OCC)c1O. The van der Waals surface area contributed by atoms with Crippen molar-refractivity contribution in [2.45, 2.75) is 33.2 Å². The van der Waals surface area contributed by atoms with Crippen molar-refractivity contribution in [1.29, 1.82) is 0 Å². The number of carbonyl (C=O) groups is 1. The van der Waals surface area contributed by atoms with Gasteiger partial charge in [-0.25, -0.2) is 9.79 Å². The van der Waals surface area contributed by atoms with Crippen LogP contribution in [0.4, 0.5) is 0 Å². The van der Waals surface area contributed by atoms with E-state index >= 15 is 0 Å². The molecular weight excluding hydrogens is 532 g/mol. The topological polar surface area (TPSA) is 109 Å². The van der Waals surface area contributed by atoms with Gasteiger partial charge in [0.25, 0.3) is 5.56 Å². The zero-order chi connectivity index (χ0) is 29.0. The molecule has 0 aliphatic carbocycles. The number of allylic oxidation sites excluding steroid dienone is 2. The first-order valence-corrected chi connectivity index (χ1v) is 13.6. The molecule has 0 amide bonds. The zero-order valence-electron chi connectivity index (χ0n) is 23.1. The lowest BCUT2D eigenvalue weighted by Crippen LogP contribution is -2.40. The minimum absolute atomic E-state index is 0.0449. The van der Waals surface area contributed by atoms with E-state index in [4.69, 9.17) is 18.9 Å². The van der Waals surface area contributed by atoms with Crippen molar-refractivity contribution in [3.63, 3.8) is 0 Å². The molecule has 0 radical (unpaired) electrons. The van der Waals surface area contributed by atoms with Gasteiger partial charge in [-0.2, -0.15) is 0 Å². The first kappa shape index (κ1) is 28.7. The normalized spacial score (nSPS) is 14.8. The van der Waals surface area contributed by atoms with E-state index in [0.29, 0.717) is 62.0 Å². The molecule has 2 aromatic carbocycles. The Morgan fingerprint density at radius 2 is 1.88 bits per heavy atom. The van der Waals surface area contributed by atoms with Gasteiger partial charge in [0, 0.05) is 5.56 Å². The molecule has 2 heterocycles. The summed E-state index contributed by atoms with van der Waals surface area (Å²) in [5, 5.41) is 10.6. The van der Waals surface area contributed by atoms with Gasteiger partial charge in [-0.15, -0.1) is 6.58 Å². The van der Waals surface area contributed by atoms with Crippen LogP contribution < -0.4 is 29.1 Å². The van der Waals surface area contributed by atoms with Crippen LogP contribution in [-0.2, 0) is 16.0 Å². The van der Waals surface area contributed by atoms with Gasteiger partial charge in [0.05, 0.1) is 49.3 Å². The second-order valence-electron chi connectivity index (χ2n) is 8.87. The number of thiazole rings is 1. The maximum Gasteiger partial charge on any atom is 0.338 e. The van der Waals surface area contributed by atoms with Crippen LogP contribution in [0.15, 0.2) is 64.0 Å². The molecule has 40 heavy (non-hydrogen) atoms. The third-order valence-corrected chi connectivity index (χ3v) is 7.36. The van der Waals surface area contributed by atoms with E-state index in [1.165, 1.54) is 30.1 Å². The van der Waals surface area contributed by atoms with E-state index in [0.717, 1.165) is 0 Å². The van der Waals surface area contributed by atoms with Gasteiger partial charge in [-0.1, -0.05) is 23.5 Å². The van der Waals surface area contributed by atoms with E-state index in [2.05, 4.69) is 11.6 Å². The van der Waals surface area contributed by atoms with E-state index in [1.807, 2.05) is 6.92 Å². The molecule has 0 spiro atoms. The fourth-order valence-electron chi connectivity index (χ4n) is 4.63. The van der Waals surface area contributed by atoms with E-state index < -0.39 is 12.0 Å². The van der Waals surface area contributed by atoms with Gasteiger partial charge in [-0.05, 0) is 68.7 Å². The molecule has 0 saturated heterocycles. The van der Waals surface area contributed by atoms with Crippen LogP contribution in [0.25, 0.3) is 6.08 Å². The third-order valence-electron chi connectivity index (χ3n) is 6.38. The van der Waals surface area contributed by atoms with E-state index in [-0.39, 0.29) is 23.5 Å². The van der Waals surface area contributed by atoms with Crippen LogP contribution in [0, 0.1) is 0 Å². The fraction of sp³-hybridized carbons (Fsp3) is 0.300. The second kappa shape index (κ2) is 12.3. The van der Waals surface area contributed by atoms with Crippen molar-refractivity contribution in [3.8, 4) is 23.0 Å². The molecule has 3 aromatic rings. The minimum Gasteiger partial charge on any atom is -0.504 e. The second-order valence-corrected chi connectivity index (χ2v) is 9.88. The first-order chi connectivity index (χ1) is 19.3. The van der Waals surface area contributed by atoms with Gasteiger partial charge in [0.15, 0.2) is 27.8 Å². The van der Waals surface area contributed by atoms with Gasteiger partial charge >= 0.3 is 5.97 Å². The lowest BCUT2D eigenvalue weighted by Gasteiger charge is -2.25. The molecule has 0 unspecified atom stereocenters. The summed E-state index contributed by atoms with van der Waals surface area (Å²) in [6, 6.07) is 7.94. The molecule has 9 nitrogen and oxygen atoms in total. The van der Waals surface area contributed by atoms with Crippen molar-refractivity contribution in [2.24, 2.45) is 4.99 Å². The number of methoxy groups -OCH3 is 2. The number of ether oxygens (including phenoxy) is 4. The summed E-state index contributed by atoms with van der Waals surface area (Å²) in [6.45, 7) is 9.59. The number of benzene rings is 2. The molecular formula is C30H32N2O7S. The summed E-state index contributed by atoms with van der Waals surface area (Å²) >= 11 is 1.21. The summed E-state index contributed by atoms with van der Waals surface area (Å²) in [5.74, 6) is 0.798. The summed E-state index contributed by atoms with van der Waals surface area (Å²) in [4.78, 5) is 32.2. The number of nitrogens with zero attached hydrogens (tertiary/aromatic N) is 2. The molecule has 10 heteroatoms. The smallest absolute Gasteiger partial charge is 0.338 e. The maximum atomic E-state index is 14.0. The number of rotatable bonds is 10. The Bertz CT molecular complexity index is 1670. The van der Waals surface area contributed by atoms with Crippen molar-refractivity contribution < 1.29 is 28.8 Å². The number of esters is 1. The molecule has 0 fully saturated rings. The molecule has 1 atom stereocenters. The predicted octanol–water partition coefficient (Wildman–Crippen LogP) is 3.65. The van der Waals surface area contributed by atoms with Crippen LogP contribution in [0.2, 0.25) is 0 Å². The Morgan fingerprint density at radius 3 is 2.52 bits per heavy atom. The van der Waals surface area contributed by atoms with Gasteiger partial charge in [0.1, 0.15) is 0 Å². The average molecular weight is 565 g/mol. The number of hydrogen-bond donors (Lipinski definition) is 1. The number of carbonyl (C=O) groups excluding carboxylic acids is 1. The summed E-state index contributed by atoms with van der Waals surface area (Å²) in [7, 11) is 3.06. The lowest BCUT2D eigenvalue weighted by molar-refractivity contribution is -0.139. The van der Waals surface area contributed by atoms with E-state index in [9.17, 15) is 14.7 Å². The van der Waals surface area contributed by atoms with Crippen molar-refractivity contribution >= 4 is 23.4 Å². The highest BCUT2D eigenvalue weighted by atomic mass is 32.1.